The molecule has 2 aromatic rings. The summed E-state index contributed by atoms with van der Waals surface area (Å²) in [5.74, 6) is 1.35. The molecule has 0 spiro atoms. The maximum absolute atomic E-state index is 14.2. The van der Waals surface area contributed by atoms with E-state index in [0.717, 1.165) is 50.0 Å². The number of hydrogen-bond donors (Lipinski definition) is 2. The van der Waals surface area contributed by atoms with E-state index < -0.39 is 0 Å². The highest BCUT2D eigenvalue weighted by atomic mass is 16.5. The normalized spacial score (nSPS) is 28.2. The molecule has 4 heterocycles. The van der Waals surface area contributed by atoms with Crippen molar-refractivity contribution in [1.82, 2.24) is 25.5 Å². The molecular weight excluding hydrogens is 528 g/mol. The smallest absolute Gasteiger partial charge is 0.272 e. The molecule has 2 amide bonds. The molecule has 6 rings (SSSR count). The van der Waals surface area contributed by atoms with Crippen LogP contribution < -0.4 is 20.3 Å². The van der Waals surface area contributed by atoms with E-state index >= 15 is 0 Å². The maximum Gasteiger partial charge on any atom is 0.272 e. The van der Waals surface area contributed by atoms with Gasteiger partial charge in [-0.2, -0.15) is 0 Å². The third kappa shape index (κ3) is 4.83. The number of anilines is 1. The molecule has 0 aromatic carbocycles. The Balaban J connectivity index is 1.30. The van der Waals surface area contributed by atoms with Gasteiger partial charge in [-0.25, -0.2) is 9.97 Å². The molecule has 226 valence electrons. The lowest BCUT2D eigenvalue weighted by Gasteiger charge is -2.47. The molecule has 2 bridgehead atoms. The number of amides is 2. The molecule has 2 aliphatic carbocycles. The average molecular weight is 575 g/mol. The van der Waals surface area contributed by atoms with Gasteiger partial charge in [-0.15, -0.1) is 0 Å². The summed E-state index contributed by atoms with van der Waals surface area (Å²) in [6.07, 6.45) is 7.85. The van der Waals surface area contributed by atoms with Gasteiger partial charge in [0, 0.05) is 44.5 Å². The van der Waals surface area contributed by atoms with E-state index in [1.165, 1.54) is 12.8 Å². The number of ether oxygens (including phenoxy) is 1. The van der Waals surface area contributed by atoms with E-state index in [1.54, 1.807) is 6.20 Å². The molecule has 0 radical (unpaired) electrons. The molecule has 9 nitrogen and oxygen atoms in total. The molecule has 2 saturated heterocycles. The fourth-order valence-electron chi connectivity index (χ4n) is 8.24. The SMILES string of the molecule is CCOc1ncccc1-c1ccc(N2CCN(C(=O)C34CCC(CC3)C4(C)C)C[C@H]2CC)c(C(=O)N[C@@H]2CCNC2)n1. The van der Waals surface area contributed by atoms with Gasteiger partial charge in [-0.05, 0) is 87.6 Å². The first-order chi connectivity index (χ1) is 20.3. The standard InChI is InChI=1S/C33H46N6O3/c1-5-24-21-38(31(41)33-14-11-22(12-15-33)32(33,3)4)18-19-39(24)27-10-9-26(25-8-7-16-35-30(25)42-6-2)37-28(27)29(40)36-23-13-17-34-20-23/h7-10,16,22-24,34H,5-6,11-15,17-21H2,1-4H3,(H,36,40)/t22?,23-,24-,33?/m1/s1. The zero-order valence-electron chi connectivity index (χ0n) is 25.6. The van der Waals surface area contributed by atoms with E-state index in [0.29, 0.717) is 55.3 Å². The van der Waals surface area contributed by atoms with Gasteiger partial charge in [0.25, 0.3) is 5.91 Å². The summed E-state index contributed by atoms with van der Waals surface area (Å²) in [4.78, 5) is 41.8. The van der Waals surface area contributed by atoms with E-state index in [-0.39, 0.29) is 28.8 Å². The lowest BCUT2D eigenvalue weighted by molar-refractivity contribution is -0.147. The van der Waals surface area contributed by atoms with Crippen molar-refractivity contribution in [2.45, 2.75) is 78.3 Å². The molecule has 2 atom stereocenters. The summed E-state index contributed by atoms with van der Waals surface area (Å²) in [5.41, 5.74) is 2.50. The van der Waals surface area contributed by atoms with Gasteiger partial charge in [-0.1, -0.05) is 20.8 Å². The summed E-state index contributed by atoms with van der Waals surface area (Å²) in [6, 6.07) is 7.95. The third-order valence-electron chi connectivity index (χ3n) is 10.9. The van der Waals surface area contributed by atoms with Crippen LogP contribution in [0.25, 0.3) is 11.3 Å². The van der Waals surface area contributed by atoms with Crippen molar-refractivity contribution in [3.63, 3.8) is 0 Å². The van der Waals surface area contributed by atoms with Crippen molar-refractivity contribution in [2.75, 3.05) is 44.2 Å². The van der Waals surface area contributed by atoms with Crippen molar-refractivity contribution in [3.8, 4) is 17.1 Å². The zero-order chi connectivity index (χ0) is 29.5. The number of hydrogen-bond acceptors (Lipinski definition) is 7. The molecule has 4 fully saturated rings. The molecule has 2 N–H and O–H groups in total. The largest absolute Gasteiger partial charge is 0.477 e. The van der Waals surface area contributed by atoms with Gasteiger partial charge < -0.3 is 25.2 Å². The Morgan fingerprint density at radius 2 is 1.93 bits per heavy atom. The summed E-state index contributed by atoms with van der Waals surface area (Å²) in [7, 11) is 0. The molecule has 0 unspecified atom stereocenters. The molecule has 42 heavy (non-hydrogen) atoms. The monoisotopic (exact) mass is 574 g/mol. The van der Waals surface area contributed by atoms with Crippen molar-refractivity contribution in [3.05, 3.63) is 36.2 Å². The number of nitrogens with one attached hydrogen (secondary N) is 2. The van der Waals surface area contributed by atoms with Crippen LogP contribution in [0.5, 0.6) is 5.88 Å². The Morgan fingerprint density at radius 1 is 1.12 bits per heavy atom. The average Bonchev–Trinajstić information content (AvgIpc) is 3.69. The fourth-order valence-corrected chi connectivity index (χ4v) is 8.24. The molecule has 9 heteroatoms. The lowest BCUT2D eigenvalue weighted by atomic mass is 9.68. The van der Waals surface area contributed by atoms with E-state index in [9.17, 15) is 9.59 Å². The summed E-state index contributed by atoms with van der Waals surface area (Å²) in [5, 5.41) is 6.54. The molecule has 2 saturated carbocycles. The Bertz CT molecular complexity index is 1310. The first-order valence-electron chi connectivity index (χ1n) is 16.0. The predicted molar refractivity (Wildman–Crippen MR) is 164 cm³/mol. The van der Waals surface area contributed by atoms with Crippen LogP contribution in [0.1, 0.15) is 76.7 Å². The molecule has 4 aliphatic rings. The van der Waals surface area contributed by atoms with Crippen molar-refractivity contribution >= 4 is 17.5 Å². The van der Waals surface area contributed by atoms with Gasteiger partial charge >= 0.3 is 0 Å². The van der Waals surface area contributed by atoms with Crippen LogP contribution in [0, 0.1) is 16.7 Å². The first kappa shape index (κ1) is 28.9. The van der Waals surface area contributed by atoms with E-state index in [1.807, 2.05) is 31.2 Å². The summed E-state index contributed by atoms with van der Waals surface area (Å²) >= 11 is 0. The first-order valence-corrected chi connectivity index (χ1v) is 16.0. The highest BCUT2D eigenvalue weighted by Crippen LogP contribution is 2.66. The predicted octanol–water partition coefficient (Wildman–Crippen LogP) is 4.28. The molecule has 2 aromatic heterocycles. The summed E-state index contributed by atoms with van der Waals surface area (Å²) in [6.45, 7) is 12.9. The maximum atomic E-state index is 14.2. The number of piperazine rings is 1. The molecular formula is C33H46N6O3. The second-order valence-electron chi connectivity index (χ2n) is 13.1. The number of aromatic nitrogens is 2. The minimum absolute atomic E-state index is 0.0652. The second kappa shape index (κ2) is 11.5. The fraction of sp³-hybridized carbons (Fsp3) is 0.636. The zero-order valence-corrected chi connectivity index (χ0v) is 25.6. The van der Waals surface area contributed by atoms with Crippen LogP contribution in [-0.4, -0.2) is 78.1 Å². The number of nitrogens with zero attached hydrogens (tertiary/aromatic N) is 4. The van der Waals surface area contributed by atoms with Gasteiger partial charge in [0.1, 0.15) is 0 Å². The van der Waals surface area contributed by atoms with Crippen molar-refractivity contribution in [1.29, 1.82) is 0 Å². The Labute approximate surface area is 249 Å². The van der Waals surface area contributed by atoms with Gasteiger partial charge in [0.15, 0.2) is 5.69 Å². The second-order valence-corrected chi connectivity index (χ2v) is 13.1. The van der Waals surface area contributed by atoms with Crippen LogP contribution in [0.2, 0.25) is 0 Å². The van der Waals surface area contributed by atoms with E-state index in [2.05, 4.69) is 46.2 Å². The number of pyridine rings is 2. The minimum atomic E-state index is -0.219. The summed E-state index contributed by atoms with van der Waals surface area (Å²) < 4.78 is 5.78. The van der Waals surface area contributed by atoms with E-state index in [4.69, 9.17) is 9.72 Å². The highest BCUT2D eigenvalue weighted by Gasteiger charge is 2.63. The molecule has 2 aliphatic heterocycles. The number of carbonyl (C=O) groups is 2. The Kier molecular flexibility index (Phi) is 7.89. The van der Waals surface area contributed by atoms with Crippen LogP contribution in [-0.2, 0) is 4.79 Å². The van der Waals surface area contributed by atoms with Crippen LogP contribution in [0.4, 0.5) is 5.69 Å². The van der Waals surface area contributed by atoms with Gasteiger partial charge in [0.2, 0.25) is 11.8 Å². The lowest BCUT2D eigenvalue weighted by Crippen LogP contribution is -2.59. The topological polar surface area (TPSA) is 99.7 Å². The van der Waals surface area contributed by atoms with Crippen molar-refractivity contribution < 1.29 is 14.3 Å². The highest BCUT2D eigenvalue weighted by molar-refractivity contribution is 5.99. The minimum Gasteiger partial charge on any atom is -0.477 e. The van der Waals surface area contributed by atoms with Crippen LogP contribution >= 0.6 is 0 Å². The Morgan fingerprint density at radius 3 is 2.60 bits per heavy atom. The third-order valence-corrected chi connectivity index (χ3v) is 10.9. The van der Waals surface area contributed by atoms with Crippen molar-refractivity contribution in [2.24, 2.45) is 16.7 Å². The number of fused-ring (bicyclic) bond motifs is 2. The number of rotatable bonds is 8. The van der Waals surface area contributed by atoms with Gasteiger partial charge in [-0.3, -0.25) is 9.59 Å². The van der Waals surface area contributed by atoms with Gasteiger partial charge in [0.05, 0.1) is 29.0 Å². The Hall–Kier alpha value is -3.20. The quantitative estimate of drug-likeness (QED) is 0.486. The van der Waals surface area contributed by atoms with Crippen LogP contribution in [0.3, 0.4) is 0 Å². The van der Waals surface area contributed by atoms with Crippen LogP contribution in [0.15, 0.2) is 30.5 Å². The number of carbonyl (C=O) groups excluding carboxylic acids is 2.